The highest BCUT2D eigenvalue weighted by Gasteiger charge is 2.37. The number of hydrogen-bond donors (Lipinski definition) is 1. The van der Waals surface area contributed by atoms with Crippen molar-refractivity contribution in [3.8, 4) is 0 Å². The van der Waals surface area contributed by atoms with Gasteiger partial charge in [0.05, 0.1) is 0 Å². The summed E-state index contributed by atoms with van der Waals surface area (Å²) in [6, 6.07) is 1.45. The molecule has 0 saturated carbocycles. The third-order valence-corrected chi connectivity index (χ3v) is 4.40. The lowest BCUT2D eigenvalue weighted by molar-refractivity contribution is 0.225. The van der Waals surface area contributed by atoms with Gasteiger partial charge in [0.15, 0.2) is 5.83 Å². The van der Waals surface area contributed by atoms with E-state index in [2.05, 4.69) is 9.97 Å². The van der Waals surface area contributed by atoms with Crippen LogP contribution in [0.5, 0.6) is 0 Å². The van der Waals surface area contributed by atoms with Crippen molar-refractivity contribution in [1.29, 1.82) is 0 Å². The second-order valence-corrected chi connectivity index (χ2v) is 5.72. The van der Waals surface area contributed by atoms with Crippen LogP contribution < -0.4 is 10.6 Å². The van der Waals surface area contributed by atoms with Crippen LogP contribution in [0.15, 0.2) is 42.1 Å². The SMILES string of the molecule is NC1CN(c2ccncn2)CCC1[C@H]1CC(F)=C(F)C=C1F. The first-order valence-electron chi connectivity index (χ1n) is 7.24. The molecule has 3 rings (SSSR count). The Bertz CT molecular complexity index is 602. The van der Waals surface area contributed by atoms with Gasteiger partial charge in [-0.05, 0) is 18.4 Å². The van der Waals surface area contributed by atoms with E-state index in [1.54, 1.807) is 12.3 Å². The fourth-order valence-corrected chi connectivity index (χ4v) is 3.23. The molecule has 0 spiro atoms. The van der Waals surface area contributed by atoms with E-state index in [1.165, 1.54) is 6.33 Å². The lowest BCUT2D eigenvalue weighted by Gasteiger charge is -2.40. The molecular weight excluding hydrogens is 293 g/mol. The Morgan fingerprint density at radius 1 is 1.27 bits per heavy atom. The van der Waals surface area contributed by atoms with E-state index < -0.39 is 23.4 Å². The van der Waals surface area contributed by atoms with Crippen LogP contribution in [0.4, 0.5) is 19.0 Å². The van der Waals surface area contributed by atoms with Crippen LogP contribution in [-0.2, 0) is 0 Å². The van der Waals surface area contributed by atoms with Crippen molar-refractivity contribution < 1.29 is 13.2 Å². The van der Waals surface area contributed by atoms with Gasteiger partial charge in [-0.1, -0.05) is 0 Å². The molecule has 4 nitrogen and oxygen atoms in total. The molecule has 1 aliphatic heterocycles. The number of nitrogens with zero attached hydrogens (tertiary/aromatic N) is 3. The van der Waals surface area contributed by atoms with Gasteiger partial charge in [-0.15, -0.1) is 0 Å². The maximum atomic E-state index is 14.0. The average molecular weight is 310 g/mol. The predicted molar refractivity (Wildman–Crippen MR) is 76.9 cm³/mol. The van der Waals surface area contributed by atoms with Crippen molar-refractivity contribution in [2.75, 3.05) is 18.0 Å². The third-order valence-electron chi connectivity index (χ3n) is 4.40. The molecule has 0 bridgehead atoms. The van der Waals surface area contributed by atoms with Crippen LogP contribution in [-0.4, -0.2) is 29.1 Å². The Hall–Kier alpha value is -1.89. The van der Waals surface area contributed by atoms with Crippen LogP contribution in [0.1, 0.15) is 12.8 Å². The van der Waals surface area contributed by atoms with Crippen molar-refractivity contribution in [3.63, 3.8) is 0 Å². The van der Waals surface area contributed by atoms with Gasteiger partial charge >= 0.3 is 0 Å². The van der Waals surface area contributed by atoms with Gasteiger partial charge in [0.1, 0.15) is 23.8 Å². The largest absolute Gasteiger partial charge is 0.355 e. The topological polar surface area (TPSA) is 55.0 Å². The Morgan fingerprint density at radius 3 is 2.77 bits per heavy atom. The van der Waals surface area contributed by atoms with Crippen LogP contribution in [0.25, 0.3) is 0 Å². The standard InChI is InChI=1S/C15H17F3N4/c16-11-6-13(18)12(17)5-10(11)9-2-4-22(7-14(9)19)15-1-3-20-8-21-15/h1,3,6,8-10,14H,2,4-5,7,19H2/t9?,10-,14?/m1/s1. The van der Waals surface area contributed by atoms with Crippen molar-refractivity contribution in [2.45, 2.75) is 18.9 Å². The first kappa shape index (κ1) is 15.0. The Balaban J connectivity index is 1.71. The zero-order valence-electron chi connectivity index (χ0n) is 11.9. The molecule has 2 N–H and O–H groups in total. The summed E-state index contributed by atoms with van der Waals surface area (Å²) in [5, 5.41) is 0. The molecule has 0 radical (unpaired) electrons. The zero-order valence-corrected chi connectivity index (χ0v) is 11.9. The fraction of sp³-hybridized carbons (Fsp3) is 0.467. The summed E-state index contributed by atoms with van der Waals surface area (Å²) >= 11 is 0. The number of halogens is 3. The molecule has 1 aliphatic carbocycles. The second kappa shape index (κ2) is 6.08. The Labute approximate surface area is 126 Å². The summed E-state index contributed by atoms with van der Waals surface area (Å²) in [4.78, 5) is 10.0. The first-order chi connectivity index (χ1) is 10.6. The molecule has 0 aromatic carbocycles. The lowest BCUT2D eigenvalue weighted by atomic mass is 9.77. The molecule has 22 heavy (non-hydrogen) atoms. The molecule has 2 aliphatic rings. The van der Waals surface area contributed by atoms with Crippen molar-refractivity contribution >= 4 is 5.82 Å². The number of hydrogen-bond acceptors (Lipinski definition) is 4. The first-order valence-corrected chi connectivity index (χ1v) is 7.24. The number of nitrogens with two attached hydrogens (primary N) is 1. The highest BCUT2D eigenvalue weighted by molar-refractivity contribution is 5.38. The molecule has 3 atom stereocenters. The van der Waals surface area contributed by atoms with Crippen LogP contribution in [0, 0.1) is 11.8 Å². The molecule has 1 aromatic heterocycles. The number of rotatable bonds is 2. The number of anilines is 1. The molecule has 2 unspecified atom stereocenters. The highest BCUT2D eigenvalue weighted by atomic mass is 19.2. The van der Waals surface area contributed by atoms with Gasteiger partial charge in [-0.3, -0.25) is 0 Å². The fourth-order valence-electron chi connectivity index (χ4n) is 3.23. The third kappa shape index (κ3) is 2.85. The molecule has 118 valence electrons. The average Bonchev–Trinajstić information content (AvgIpc) is 2.52. The minimum absolute atomic E-state index is 0.215. The Morgan fingerprint density at radius 2 is 2.09 bits per heavy atom. The summed E-state index contributed by atoms with van der Waals surface area (Å²) < 4.78 is 40.5. The molecule has 2 heterocycles. The van der Waals surface area contributed by atoms with Crippen molar-refractivity contribution in [2.24, 2.45) is 17.6 Å². The van der Waals surface area contributed by atoms with Gasteiger partial charge in [0, 0.05) is 43.7 Å². The van der Waals surface area contributed by atoms with Gasteiger partial charge in [0.25, 0.3) is 0 Å². The lowest BCUT2D eigenvalue weighted by Crippen LogP contribution is -2.51. The molecule has 1 fully saturated rings. The quantitative estimate of drug-likeness (QED) is 0.912. The van der Waals surface area contributed by atoms with Gasteiger partial charge in [-0.25, -0.2) is 23.1 Å². The summed E-state index contributed by atoms with van der Waals surface area (Å²) in [6.45, 7) is 1.15. The van der Waals surface area contributed by atoms with Gasteiger partial charge in [-0.2, -0.15) is 0 Å². The molecule has 1 saturated heterocycles. The molecule has 0 amide bonds. The van der Waals surface area contributed by atoms with E-state index in [0.717, 1.165) is 5.82 Å². The predicted octanol–water partition coefficient (Wildman–Crippen LogP) is 2.65. The monoisotopic (exact) mass is 310 g/mol. The van der Waals surface area contributed by atoms with E-state index in [4.69, 9.17) is 5.73 Å². The maximum Gasteiger partial charge on any atom is 0.157 e. The van der Waals surface area contributed by atoms with Crippen LogP contribution in [0.2, 0.25) is 0 Å². The molecule has 1 aromatic rings. The molecule has 7 heteroatoms. The minimum Gasteiger partial charge on any atom is -0.355 e. The van der Waals surface area contributed by atoms with E-state index in [1.807, 2.05) is 4.90 Å². The van der Waals surface area contributed by atoms with Crippen molar-refractivity contribution in [3.05, 3.63) is 42.1 Å². The van der Waals surface area contributed by atoms with Gasteiger partial charge in [0.2, 0.25) is 0 Å². The smallest absolute Gasteiger partial charge is 0.157 e. The van der Waals surface area contributed by atoms with Crippen molar-refractivity contribution in [1.82, 2.24) is 9.97 Å². The van der Waals surface area contributed by atoms with E-state index in [-0.39, 0.29) is 18.4 Å². The minimum atomic E-state index is -1.11. The van der Waals surface area contributed by atoms with E-state index in [0.29, 0.717) is 25.6 Å². The number of piperidine rings is 1. The molecular formula is C15H17F3N4. The number of aromatic nitrogens is 2. The van der Waals surface area contributed by atoms with E-state index >= 15 is 0 Å². The summed E-state index contributed by atoms with van der Waals surface area (Å²) in [7, 11) is 0. The normalized spacial score (nSPS) is 29.5. The summed E-state index contributed by atoms with van der Waals surface area (Å²) in [5.74, 6) is -2.75. The van der Waals surface area contributed by atoms with Crippen LogP contribution in [0.3, 0.4) is 0 Å². The van der Waals surface area contributed by atoms with Crippen LogP contribution >= 0.6 is 0 Å². The number of allylic oxidation sites excluding steroid dienone is 4. The summed E-state index contributed by atoms with van der Waals surface area (Å²) in [5.41, 5.74) is 6.17. The van der Waals surface area contributed by atoms with E-state index in [9.17, 15) is 13.2 Å². The zero-order chi connectivity index (χ0) is 15.7. The Kier molecular flexibility index (Phi) is 4.15. The maximum absolute atomic E-state index is 14.0. The highest BCUT2D eigenvalue weighted by Crippen LogP contribution is 2.40. The van der Waals surface area contributed by atoms with Gasteiger partial charge < -0.3 is 10.6 Å². The summed E-state index contributed by atoms with van der Waals surface area (Å²) in [6.07, 6.45) is 4.10. The second-order valence-electron chi connectivity index (χ2n) is 5.72.